The van der Waals surface area contributed by atoms with Crippen LogP contribution < -0.4 is 5.73 Å². The van der Waals surface area contributed by atoms with E-state index in [1.54, 1.807) is 30.3 Å². The zero-order valence-electron chi connectivity index (χ0n) is 14.6. The summed E-state index contributed by atoms with van der Waals surface area (Å²) < 4.78 is 4.71. The normalized spacial score (nSPS) is 9.89. The quantitative estimate of drug-likeness (QED) is 0.563. The van der Waals surface area contributed by atoms with Crippen LogP contribution in [0.15, 0.2) is 60.7 Å². The number of carbonyl (C=O) groups excluding carboxylic acids is 1. The van der Waals surface area contributed by atoms with Crippen LogP contribution >= 0.6 is 0 Å². The summed E-state index contributed by atoms with van der Waals surface area (Å²) in [5.41, 5.74) is 10.0. The monoisotopic (exact) mass is 353 g/mol. The Morgan fingerprint density at radius 1 is 0.889 bits per heavy atom. The molecule has 130 valence electrons. The standard InChI is InChI=1S/C22H15N3O2/c1-27-22(26)16-9-7-15(8-10-16)18-11-17(14-5-3-2-4-6-14)19(12-23)21(25)20(18)13-24/h2-11H,25H2,1H3. The number of methoxy groups -OCH3 is 1. The highest BCUT2D eigenvalue weighted by atomic mass is 16.5. The summed E-state index contributed by atoms with van der Waals surface area (Å²) in [6, 6.07) is 22.1. The minimum Gasteiger partial charge on any atom is -0.465 e. The first-order chi connectivity index (χ1) is 13.1. The summed E-state index contributed by atoms with van der Waals surface area (Å²) in [5, 5.41) is 19.2. The van der Waals surface area contributed by atoms with E-state index in [-0.39, 0.29) is 16.8 Å². The van der Waals surface area contributed by atoms with Crippen LogP contribution in [-0.4, -0.2) is 13.1 Å². The van der Waals surface area contributed by atoms with E-state index in [4.69, 9.17) is 10.5 Å². The number of nitriles is 2. The molecule has 0 radical (unpaired) electrons. The molecule has 5 heteroatoms. The topological polar surface area (TPSA) is 99.9 Å². The number of esters is 1. The number of nitrogens with zero attached hydrogens (tertiary/aromatic N) is 2. The van der Waals surface area contributed by atoms with Crippen LogP contribution in [0.2, 0.25) is 0 Å². The van der Waals surface area contributed by atoms with Gasteiger partial charge in [-0.3, -0.25) is 0 Å². The molecule has 0 atom stereocenters. The Hall–Kier alpha value is -4.09. The molecule has 0 amide bonds. The molecule has 2 N–H and O–H groups in total. The van der Waals surface area contributed by atoms with Crippen LogP contribution in [0.3, 0.4) is 0 Å². The number of carbonyl (C=O) groups is 1. The molecule has 0 bridgehead atoms. The summed E-state index contributed by atoms with van der Waals surface area (Å²) in [7, 11) is 1.32. The van der Waals surface area contributed by atoms with Gasteiger partial charge in [0, 0.05) is 11.1 Å². The molecular weight excluding hydrogens is 338 g/mol. The third kappa shape index (κ3) is 3.22. The lowest BCUT2D eigenvalue weighted by molar-refractivity contribution is 0.0601. The zero-order valence-corrected chi connectivity index (χ0v) is 14.6. The molecule has 0 saturated carbocycles. The molecule has 3 aromatic rings. The number of hydrogen-bond acceptors (Lipinski definition) is 5. The minimum absolute atomic E-state index is 0.147. The molecule has 0 unspecified atom stereocenters. The lowest BCUT2D eigenvalue weighted by atomic mass is 9.89. The van der Waals surface area contributed by atoms with Crippen molar-refractivity contribution in [3.05, 3.63) is 77.4 Å². The maximum absolute atomic E-state index is 11.6. The molecule has 0 spiro atoms. The van der Waals surface area contributed by atoms with Crippen molar-refractivity contribution in [2.75, 3.05) is 12.8 Å². The fourth-order valence-corrected chi connectivity index (χ4v) is 2.92. The Morgan fingerprint density at radius 3 is 1.89 bits per heavy atom. The Morgan fingerprint density at radius 2 is 1.41 bits per heavy atom. The van der Waals surface area contributed by atoms with Crippen molar-refractivity contribution in [2.45, 2.75) is 0 Å². The molecule has 3 rings (SSSR count). The van der Waals surface area contributed by atoms with Crippen LogP contribution in [0.5, 0.6) is 0 Å². The number of anilines is 1. The van der Waals surface area contributed by atoms with Gasteiger partial charge in [-0.15, -0.1) is 0 Å². The number of ether oxygens (including phenoxy) is 1. The fourth-order valence-electron chi connectivity index (χ4n) is 2.92. The minimum atomic E-state index is -0.439. The maximum atomic E-state index is 11.6. The molecule has 0 heterocycles. The van der Waals surface area contributed by atoms with Crippen LogP contribution in [0.4, 0.5) is 5.69 Å². The number of hydrogen-bond donors (Lipinski definition) is 1. The van der Waals surface area contributed by atoms with E-state index in [0.717, 1.165) is 5.56 Å². The van der Waals surface area contributed by atoms with Crippen LogP contribution in [0.25, 0.3) is 22.3 Å². The van der Waals surface area contributed by atoms with E-state index < -0.39 is 5.97 Å². The summed E-state index contributed by atoms with van der Waals surface area (Å²) >= 11 is 0. The highest BCUT2D eigenvalue weighted by Crippen LogP contribution is 2.37. The van der Waals surface area contributed by atoms with Gasteiger partial charge in [-0.2, -0.15) is 10.5 Å². The number of nitrogens with two attached hydrogens (primary N) is 1. The second-order valence-corrected chi connectivity index (χ2v) is 5.79. The van der Waals surface area contributed by atoms with E-state index in [1.165, 1.54) is 7.11 Å². The predicted octanol–water partition coefficient (Wildman–Crippen LogP) is 4.13. The fraction of sp³-hybridized carbons (Fsp3) is 0.0455. The van der Waals surface area contributed by atoms with E-state index in [1.807, 2.05) is 30.3 Å². The van der Waals surface area contributed by atoms with E-state index in [0.29, 0.717) is 22.3 Å². The molecule has 0 aromatic heterocycles. The maximum Gasteiger partial charge on any atom is 0.337 e. The summed E-state index contributed by atoms with van der Waals surface area (Å²) in [6.07, 6.45) is 0. The van der Waals surface area contributed by atoms with Crippen molar-refractivity contribution in [1.82, 2.24) is 0 Å². The van der Waals surface area contributed by atoms with Crippen LogP contribution in [0, 0.1) is 22.7 Å². The molecule has 0 aliphatic heterocycles. The first-order valence-electron chi connectivity index (χ1n) is 8.11. The summed E-state index contributed by atoms with van der Waals surface area (Å²) in [5.74, 6) is -0.439. The third-order valence-electron chi connectivity index (χ3n) is 4.29. The molecule has 0 saturated heterocycles. The molecule has 0 aliphatic carbocycles. The second kappa shape index (κ2) is 7.43. The molecule has 0 aliphatic rings. The van der Waals surface area contributed by atoms with Gasteiger partial charge in [-0.25, -0.2) is 4.79 Å². The van der Waals surface area contributed by atoms with Crippen molar-refractivity contribution < 1.29 is 9.53 Å². The van der Waals surface area contributed by atoms with Crippen molar-refractivity contribution in [3.8, 4) is 34.4 Å². The third-order valence-corrected chi connectivity index (χ3v) is 4.29. The van der Waals surface area contributed by atoms with E-state index >= 15 is 0 Å². The highest BCUT2D eigenvalue weighted by Gasteiger charge is 2.18. The summed E-state index contributed by atoms with van der Waals surface area (Å²) in [6.45, 7) is 0. The highest BCUT2D eigenvalue weighted by molar-refractivity contribution is 5.92. The largest absolute Gasteiger partial charge is 0.465 e. The average Bonchev–Trinajstić information content (AvgIpc) is 2.73. The Labute approximate surface area is 156 Å². The van der Waals surface area contributed by atoms with Crippen molar-refractivity contribution in [2.24, 2.45) is 0 Å². The second-order valence-electron chi connectivity index (χ2n) is 5.79. The summed E-state index contributed by atoms with van der Waals surface area (Å²) in [4.78, 5) is 11.6. The van der Waals surface area contributed by atoms with Gasteiger partial charge in [0.25, 0.3) is 0 Å². The lowest BCUT2D eigenvalue weighted by Gasteiger charge is -2.14. The number of nitrogen functional groups attached to an aromatic ring is 1. The Bertz CT molecular complexity index is 1090. The van der Waals surface area contributed by atoms with Gasteiger partial charge in [-0.05, 0) is 29.3 Å². The molecule has 3 aromatic carbocycles. The molecule has 0 fully saturated rings. The van der Waals surface area contributed by atoms with Crippen LogP contribution in [0.1, 0.15) is 21.5 Å². The lowest BCUT2D eigenvalue weighted by Crippen LogP contribution is -2.02. The molecule has 27 heavy (non-hydrogen) atoms. The zero-order chi connectivity index (χ0) is 19.4. The first-order valence-corrected chi connectivity index (χ1v) is 8.11. The first kappa shape index (κ1) is 17.7. The molecular formula is C22H15N3O2. The van der Waals surface area contributed by atoms with E-state index in [9.17, 15) is 15.3 Å². The van der Waals surface area contributed by atoms with Gasteiger partial charge in [0.1, 0.15) is 12.1 Å². The van der Waals surface area contributed by atoms with Crippen molar-refractivity contribution in [1.29, 1.82) is 10.5 Å². The van der Waals surface area contributed by atoms with Crippen LogP contribution in [-0.2, 0) is 4.74 Å². The van der Waals surface area contributed by atoms with Gasteiger partial charge in [-0.1, -0.05) is 42.5 Å². The predicted molar refractivity (Wildman–Crippen MR) is 102 cm³/mol. The number of rotatable bonds is 3. The van der Waals surface area contributed by atoms with Crippen molar-refractivity contribution in [3.63, 3.8) is 0 Å². The Balaban J connectivity index is 2.24. The smallest absolute Gasteiger partial charge is 0.337 e. The molecule has 5 nitrogen and oxygen atoms in total. The van der Waals surface area contributed by atoms with E-state index in [2.05, 4.69) is 12.1 Å². The SMILES string of the molecule is COC(=O)c1ccc(-c2cc(-c3ccccc3)c(C#N)c(N)c2C#N)cc1. The van der Waals surface area contributed by atoms with Gasteiger partial charge >= 0.3 is 5.97 Å². The number of benzene rings is 3. The average molecular weight is 353 g/mol. The van der Waals surface area contributed by atoms with Gasteiger partial charge in [0.05, 0.1) is 29.5 Å². The van der Waals surface area contributed by atoms with Gasteiger partial charge in [0.15, 0.2) is 0 Å². The Kier molecular flexibility index (Phi) is 4.88. The van der Waals surface area contributed by atoms with Gasteiger partial charge < -0.3 is 10.5 Å². The van der Waals surface area contributed by atoms with Gasteiger partial charge in [0.2, 0.25) is 0 Å². The van der Waals surface area contributed by atoms with Crippen molar-refractivity contribution >= 4 is 11.7 Å².